The molecule has 0 aromatic carbocycles. The van der Waals surface area contributed by atoms with Crippen LogP contribution in [0.25, 0.3) is 0 Å². The van der Waals surface area contributed by atoms with Crippen molar-refractivity contribution >= 4 is 0 Å². The van der Waals surface area contributed by atoms with Gasteiger partial charge in [0.15, 0.2) is 0 Å². The molecule has 112 valence electrons. The van der Waals surface area contributed by atoms with Crippen LogP contribution in [-0.4, -0.2) is 50.3 Å². The molecule has 1 saturated heterocycles. The van der Waals surface area contributed by atoms with Crippen molar-refractivity contribution in [2.24, 2.45) is 11.3 Å². The molecule has 0 spiro atoms. The summed E-state index contributed by atoms with van der Waals surface area (Å²) in [4.78, 5) is 2.62. The molecule has 1 heterocycles. The molecule has 3 atom stereocenters. The first-order chi connectivity index (χ1) is 9.06. The Labute approximate surface area is 119 Å². The third kappa shape index (κ3) is 3.71. The topological polar surface area (TPSA) is 24.5 Å². The molecule has 0 radical (unpaired) electrons. The average Bonchev–Trinajstić information content (AvgIpc) is 2.81. The van der Waals surface area contributed by atoms with Crippen molar-refractivity contribution in [1.29, 1.82) is 0 Å². The van der Waals surface area contributed by atoms with Gasteiger partial charge in [0, 0.05) is 32.8 Å². The lowest BCUT2D eigenvalue weighted by molar-refractivity contribution is 0.0739. The van der Waals surface area contributed by atoms with Crippen LogP contribution in [-0.2, 0) is 4.74 Å². The highest BCUT2D eigenvalue weighted by atomic mass is 16.5. The molecule has 0 aromatic heterocycles. The van der Waals surface area contributed by atoms with Crippen molar-refractivity contribution in [3.8, 4) is 0 Å². The summed E-state index contributed by atoms with van der Waals surface area (Å²) >= 11 is 0. The molecule has 1 aliphatic carbocycles. The molecule has 3 nitrogen and oxygen atoms in total. The molecule has 1 saturated carbocycles. The van der Waals surface area contributed by atoms with E-state index in [-0.39, 0.29) is 0 Å². The lowest BCUT2D eigenvalue weighted by atomic mass is 9.67. The third-order valence-electron chi connectivity index (χ3n) is 5.19. The standard InChI is InChI=1S/C16H32N2O/c1-5-17-15-13(7-6-9-16(15,2)3)11-18-10-8-14(12-18)19-4/h13-15,17H,5-12H2,1-4H3. The van der Waals surface area contributed by atoms with Crippen LogP contribution in [0.3, 0.4) is 0 Å². The third-order valence-corrected chi connectivity index (χ3v) is 5.19. The zero-order valence-electron chi connectivity index (χ0n) is 13.2. The number of hydrogen-bond donors (Lipinski definition) is 1. The smallest absolute Gasteiger partial charge is 0.0710 e. The Kier molecular flexibility index (Phi) is 5.27. The maximum absolute atomic E-state index is 5.49. The minimum atomic E-state index is 0.444. The minimum absolute atomic E-state index is 0.444. The van der Waals surface area contributed by atoms with Crippen molar-refractivity contribution < 1.29 is 4.74 Å². The average molecular weight is 268 g/mol. The Morgan fingerprint density at radius 1 is 1.32 bits per heavy atom. The van der Waals surface area contributed by atoms with Gasteiger partial charge in [-0.3, -0.25) is 0 Å². The molecule has 1 aliphatic heterocycles. The van der Waals surface area contributed by atoms with E-state index in [0.717, 1.165) is 19.0 Å². The monoisotopic (exact) mass is 268 g/mol. The van der Waals surface area contributed by atoms with Gasteiger partial charge >= 0.3 is 0 Å². The highest BCUT2D eigenvalue weighted by Crippen LogP contribution is 2.39. The Bertz CT molecular complexity index is 280. The first-order valence-electron chi connectivity index (χ1n) is 8.05. The van der Waals surface area contributed by atoms with Crippen molar-refractivity contribution in [2.45, 2.75) is 58.6 Å². The first kappa shape index (κ1) is 15.3. The van der Waals surface area contributed by atoms with Crippen LogP contribution in [0, 0.1) is 11.3 Å². The predicted molar refractivity (Wildman–Crippen MR) is 80.4 cm³/mol. The van der Waals surface area contributed by atoms with E-state index in [9.17, 15) is 0 Å². The molecule has 3 unspecified atom stereocenters. The van der Waals surface area contributed by atoms with Gasteiger partial charge in [-0.15, -0.1) is 0 Å². The number of nitrogens with one attached hydrogen (secondary N) is 1. The molecule has 0 amide bonds. The van der Waals surface area contributed by atoms with Gasteiger partial charge in [-0.2, -0.15) is 0 Å². The second-order valence-electron chi connectivity index (χ2n) is 7.08. The predicted octanol–water partition coefficient (Wildman–Crippen LogP) is 2.51. The lowest BCUT2D eigenvalue weighted by Gasteiger charge is -2.45. The van der Waals surface area contributed by atoms with Crippen molar-refractivity contribution in [3.05, 3.63) is 0 Å². The summed E-state index contributed by atoms with van der Waals surface area (Å²) in [5.41, 5.74) is 0.444. The molecule has 2 fully saturated rings. The molecule has 19 heavy (non-hydrogen) atoms. The summed E-state index contributed by atoms with van der Waals surface area (Å²) < 4.78 is 5.49. The van der Waals surface area contributed by atoms with E-state index in [4.69, 9.17) is 4.74 Å². The number of ether oxygens (including phenoxy) is 1. The Balaban J connectivity index is 1.93. The van der Waals surface area contributed by atoms with Crippen LogP contribution in [0.15, 0.2) is 0 Å². The molecule has 3 heteroatoms. The fourth-order valence-corrected chi connectivity index (χ4v) is 4.13. The number of methoxy groups -OCH3 is 1. The fourth-order valence-electron chi connectivity index (χ4n) is 4.13. The summed E-state index contributed by atoms with van der Waals surface area (Å²) in [5.74, 6) is 0.805. The van der Waals surface area contributed by atoms with Crippen molar-refractivity contribution in [1.82, 2.24) is 10.2 Å². The highest BCUT2D eigenvalue weighted by molar-refractivity contribution is 4.95. The summed E-state index contributed by atoms with van der Waals surface area (Å²) in [6.45, 7) is 11.8. The molecule has 2 rings (SSSR count). The maximum Gasteiger partial charge on any atom is 0.0710 e. The molecular weight excluding hydrogens is 236 g/mol. The van der Waals surface area contributed by atoms with Crippen molar-refractivity contribution in [3.63, 3.8) is 0 Å². The fraction of sp³-hybridized carbons (Fsp3) is 1.00. The normalized spacial score (nSPS) is 35.7. The van der Waals surface area contributed by atoms with E-state index in [2.05, 4.69) is 31.0 Å². The molecule has 0 aromatic rings. The van der Waals surface area contributed by atoms with E-state index in [1.165, 1.54) is 38.8 Å². The summed E-state index contributed by atoms with van der Waals surface area (Å²) in [5, 5.41) is 3.77. The van der Waals surface area contributed by atoms with E-state index in [0.29, 0.717) is 17.6 Å². The van der Waals surface area contributed by atoms with Gasteiger partial charge in [-0.1, -0.05) is 27.2 Å². The lowest BCUT2D eigenvalue weighted by Crippen LogP contribution is -2.52. The maximum atomic E-state index is 5.49. The Morgan fingerprint density at radius 2 is 2.11 bits per heavy atom. The number of nitrogens with zero attached hydrogens (tertiary/aromatic N) is 1. The molecular formula is C16H32N2O. The molecule has 1 N–H and O–H groups in total. The largest absolute Gasteiger partial charge is 0.380 e. The minimum Gasteiger partial charge on any atom is -0.380 e. The molecule has 0 bridgehead atoms. The van der Waals surface area contributed by atoms with E-state index < -0.39 is 0 Å². The second kappa shape index (κ2) is 6.55. The zero-order valence-corrected chi connectivity index (χ0v) is 13.2. The number of rotatable bonds is 5. The van der Waals surface area contributed by atoms with E-state index in [1.807, 2.05) is 7.11 Å². The molecule has 2 aliphatic rings. The van der Waals surface area contributed by atoms with Crippen LogP contribution in [0.1, 0.15) is 46.5 Å². The van der Waals surface area contributed by atoms with Crippen LogP contribution >= 0.6 is 0 Å². The number of likely N-dealkylation sites (tertiary alicyclic amines) is 1. The van der Waals surface area contributed by atoms with Gasteiger partial charge in [0.25, 0.3) is 0 Å². The van der Waals surface area contributed by atoms with Gasteiger partial charge in [0.05, 0.1) is 6.10 Å². The summed E-state index contributed by atoms with van der Waals surface area (Å²) in [6, 6.07) is 0.674. The van der Waals surface area contributed by atoms with Gasteiger partial charge in [0.2, 0.25) is 0 Å². The van der Waals surface area contributed by atoms with Crippen LogP contribution in [0.2, 0.25) is 0 Å². The van der Waals surface area contributed by atoms with Crippen molar-refractivity contribution in [2.75, 3.05) is 33.3 Å². The van der Waals surface area contributed by atoms with Crippen LogP contribution < -0.4 is 5.32 Å². The highest BCUT2D eigenvalue weighted by Gasteiger charge is 2.39. The van der Waals surface area contributed by atoms with Gasteiger partial charge in [-0.25, -0.2) is 0 Å². The Hall–Kier alpha value is -0.120. The second-order valence-corrected chi connectivity index (χ2v) is 7.08. The Morgan fingerprint density at radius 3 is 2.74 bits per heavy atom. The van der Waals surface area contributed by atoms with E-state index >= 15 is 0 Å². The number of hydrogen-bond acceptors (Lipinski definition) is 3. The van der Waals surface area contributed by atoms with Gasteiger partial charge in [-0.05, 0) is 37.1 Å². The summed E-state index contributed by atoms with van der Waals surface area (Å²) in [6.07, 6.45) is 5.81. The van der Waals surface area contributed by atoms with E-state index in [1.54, 1.807) is 0 Å². The SMILES string of the molecule is CCNC1C(CN2CCC(OC)C2)CCCC1(C)C. The zero-order chi connectivity index (χ0) is 13.9. The van der Waals surface area contributed by atoms with Gasteiger partial charge in [0.1, 0.15) is 0 Å². The quantitative estimate of drug-likeness (QED) is 0.829. The summed E-state index contributed by atoms with van der Waals surface area (Å²) in [7, 11) is 1.85. The first-order valence-corrected chi connectivity index (χ1v) is 8.05. The van der Waals surface area contributed by atoms with Crippen LogP contribution in [0.5, 0.6) is 0 Å². The van der Waals surface area contributed by atoms with Gasteiger partial charge < -0.3 is 15.0 Å². The van der Waals surface area contributed by atoms with Crippen LogP contribution in [0.4, 0.5) is 0 Å².